The molecule has 0 unspecified atom stereocenters. The van der Waals surface area contributed by atoms with Gasteiger partial charge in [0.05, 0.1) is 21.0 Å². The van der Waals surface area contributed by atoms with Gasteiger partial charge in [-0.1, -0.05) is 30.2 Å². The average molecular weight is 337 g/mol. The topological polar surface area (TPSA) is 55.1 Å². The molecule has 0 spiro atoms. The van der Waals surface area contributed by atoms with Crippen LogP contribution in [0.15, 0.2) is 18.2 Å². The van der Waals surface area contributed by atoms with E-state index in [1.54, 1.807) is 0 Å². The Morgan fingerprint density at radius 3 is 2.43 bits per heavy atom. The second-order valence-electron chi connectivity index (χ2n) is 4.95. The highest BCUT2D eigenvalue weighted by Gasteiger charge is 2.47. The largest absolute Gasteiger partial charge is 0.417 e. The number of nitrogens with one attached hydrogen (secondary N) is 1. The van der Waals surface area contributed by atoms with Crippen molar-refractivity contribution in [1.29, 1.82) is 0 Å². The van der Waals surface area contributed by atoms with Gasteiger partial charge < -0.3 is 11.1 Å². The molecule has 3 nitrogen and oxygen atoms in total. The molecule has 0 aromatic heterocycles. The Hall–Kier alpha value is -1.34. The lowest BCUT2D eigenvalue weighted by molar-refractivity contribution is -0.137. The van der Waals surface area contributed by atoms with Crippen molar-refractivity contribution in [3.05, 3.63) is 28.8 Å². The lowest BCUT2D eigenvalue weighted by Crippen LogP contribution is -2.50. The molecule has 3 N–H and O–H groups in total. The molecule has 1 saturated carbocycles. The summed E-state index contributed by atoms with van der Waals surface area (Å²) >= 11 is 10.4. The number of nitrogens with two attached hydrogens (primary N) is 1. The van der Waals surface area contributed by atoms with Gasteiger partial charge in [0, 0.05) is 5.69 Å². The SMILES string of the molecule is NC(=S)C1(C(=O)Nc2ccc(Cl)c(C(F)(F)F)c2)CCC1. The molecule has 1 aliphatic rings. The number of alkyl halides is 3. The van der Waals surface area contributed by atoms with Crippen molar-refractivity contribution in [3.63, 3.8) is 0 Å². The molecule has 0 bridgehead atoms. The molecule has 0 heterocycles. The standard InChI is InChI=1S/C13H12ClF3N2OS/c14-9-3-2-7(6-8(9)13(15,16)17)19-11(20)12(10(18)21)4-1-5-12/h2-3,6H,1,4-5H2,(H2,18,21)(H,19,20). The van der Waals surface area contributed by atoms with E-state index in [1.807, 2.05) is 0 Å². The van der Waals surface area contributed by atoms with E-state index in [1.165, 1.54) is 6.07 Å². The summed E-state index contributed by atoms with van der Waals surface area (Å²) < 4.78 is 38.3. The minimum atomic E-state index is -4.59. The molecule has 0 aliphatic heterocycles. The van der Waals surface area contributed by atoms with E-state index in [9.17, 15) is 18.0 Å². The molecule has 1 amide bonds. The molecular formula is C13H12ClF3N2OS. The summed E-state index contributed by atoms with van der Waals surface area (Å²) in [7, 11) is 0. The fourth-order valence-electron chi connectivity index (χ4n) is 2.19. The van der Waals surface area contributed by atoms with Crippen LogP contribution in [0.3, 0.4) is 0 Å². The molecule has 1 fully saturated rings. The van der Waals surface area contributed by atoms with E-state index < -0.39 is 28.1 Å². The van der Waals surface area contributed by atoms with Crippen molar-refractivity contribution < 1.29 is 18.0 Å². The van der Waals surface area contributed by atoms with Gasteiger partial charge in [0.15, 0.2) is 0 Å². The summed E-state index contributed by atoms with van der Waals surface area (Å²) in [6, 6.07) is 3.20. The van der Waals surface area contributed by atoms with Crippen molar-refractivity contribution in [3.8, 4) is 0 Å². The maximum absolute atomic E-state index is 12.8. The van der Waals surface area contributed by atoms with Gasteiger partial charge >= 0.3 is 6.18 Å². The molecule has 1 aliphatic carbocycles. The Morgan fingerprint density at radius 2 is 2.00 bits per heavy atom. The third kappa shape index (κ3) is 2.98. The van der Waals surface area contributed by atoms with Gasteiger partial charge in [-0.3, -0.25) is 4.79 Å². The lowest BCUT2D eigenvalue weighted by Gasteiger charge is -2.39. The van der Waals surface area contributed by atoms with E-state index in [0.29, 0.717) is 12.8 Å². The number of halogens is 4. The van der Waals surface area contributed by atoms with Gasteiger partial charge in [-0.2, -0.15) is 13.2 Å². The Balaban J connectivity index is 2.25. The lowest BCUT2D eigenvalue weighted by atomic mass is 9.68. The molecule has 21 heavy (non-hydrogen) atoms. The Morgan fingerprint density at radius 1 is 1.38 bits per heavy atom. The Labute approximate surface area is 129 Å². The first-order valence-electron chi connectivity index (χ1n) is 6.15. The molecule has 114 valence electrons. The highest BCUT2D eigenvalue weighted by molar-refractivity contribution is 7.80. The van der Waals surface area contributed by atoms with Crippen LogP contribution >= 0.6 is 23.8 Å². The van der Waals surface area contributed by atoms with Crippen molar-refractivity contribution in [2.75, 3.05) is 5.32 Å². The van der Waals surface area contributed by atoms with Crippen LogP contribution in [-0.4, -0.2) is 10.9 Å². The zero-order valence-electron chi connectivity index (χ0n) is 10.8. The van der Waals surface area contributed by atoms with E-state index in [2.05, 4.69) is 5.32 Å². The second-order valence-corrected chi connectivity index (χ2v) is 5.79. The number of benzene rings is 1. The molecule has 1 aromatic carbocycles. The van der Waals surface area contributed by atoms with E-state index >= 15 is 0 Å². The number of carbonyl (C=O) groups excluding carboxylic acids is 1. The van der Waals surface area contributed by atoms with Gasteiger partial charge in [0.1, 0.15) is 0 Å². The first-order valence-corrected chi connectivity index (χ1v) is 6.93. The number of hydrogen-bond donors (Lipinski definition) is 2. The van der Waals surface area contributed by atoms with Crippen LogP contribution in [-0.2, 0) is 11.0 Å². The number of amides is 1. The molecular weight excluding hydrogens is 325 g/mol. The van der Waals surface area contributed by atoms with Gasteiger partial charge in [0.25, 0.3) is 0 Å². The summed E-state index contributed by atoms with van der Waals surface area (Å²) in [6.45, 7) is 0. The minimum Gasteiger partial charge on any atom is -0.392 e. The molecule has 8 heteroatoms. The van der Waals surface area contributed by atoms with Crippen LogP contribution in [0.4, 0.5) is 18.9 Å². The quantitative estimate of drug-likeness (QED) is 0.826. The fourth-order valence-corrected chi connectivity index (χ4v) is 2.71. The van der Waals surface area contributed by atoms with Crippen LogP contribution in [0.1, 0.15) is 24.8 Å². The van der Waals surface area contributed by atoms with Crippen LogP contribution in [0.25, 0.3) is 0 Å². The Kier molecular flexibility index (Phi) is 4.17. The molecule has 0 atom stereocenters. The van der Waals surface area contributed by atoms with Gasteiger partial charge in [0.2, 0.25) is 5.91 Å². The smallest absolute Gasteiger partial charge is 0.392 e. The van der Waals surface area contributed by atoms with E-state index in [4.69, 9.17) is 29.6 Å². The third-order valence-electron chi connectivity index (χ3n) is 3.64. The maximum atomic E-state index is 12.8. The Bertz CT molecular complexity index is 600. The average Bonchev–Trinajstić information content (AvgIpc) is 2.28. The third-order valence-corrected chi connectivity index (χ3v) is 4.36. The van der Waals surface area contributed by atoms with Crippen LogP contribution in [0, 0.1) is 5.41 Å². The molecule has 2 rings (SSSR count). The summed E-state index contributed by atoms with van der Waals surface area (Å²) in [5.41, 5.74) is 3.64. The van der Waals surface area contributed by atoms with Crippen LogP contribution < -0.4 is 11.1 Å². The van der Waals surface area contributed by atoms with E-state index in [-0.39, 0.29) is 10.7 Å². The molecule has 1 aromatic rings. The number of thiocarbonyl (C=S) groups is 1. The molecule has 0 saturated heterocycles. The minimum absolute atomic E-state index is 0.0132. The number of hydrogen-bond acceptors (Lipinski definition) is 2. The number of carbonyl (C=O) groups is 1. The van der Waals surface area contributed by atoms with Crippen molar-refractivity contribution in [1.82, 2.24) is 0 Å². The van der Waals surface area contributed by atoms with Crippen molar-refractivity contribution >= 4 is 40.4 Å². The second kappa shape index (κ2) is 5.46. The van der Waals surface area contributed by atoms with Gasteiger partial charge in [-0.15, -0.1) is 0 Å². The highest BCUT2D eigenvalue weighted by atomic mass is 35.5. The molecule has 0 radical (unpaired) electrons. The van der Waals surface area contributed by atoms with Crippen molar-refractivity contribution in [2.45, 2.75) is 25.4 Å². The van der Waals surface area contributed by atoms with Crippen LogP contribution in [0.2, 0.25) is 5.02 Å². The zero-order chi connectivity index (χ0) is 15.8. The first kappa shape index (κ1) is 16.0. The number of anilines is 1. The number of rotatable bonds is 3. The summed E-state index contributed by atoms with van der Waals surface area (Å²) in [5.74, 6) is -0.475. The monoisotopic (exact) mass is 336 g/mol. The summed E-state index contributed by atoms with van der Waals surface area (Å²) in [4.78, 5) is 12.3. The summed E-state index contributed by atoms with van der Waals surface area (Å²) in [6.07, 6.45) is -2.77. The van der Waals surface area contributed by atoms with Gasteiger partial charge in [-0.25, -0.2) is 0 Å². The maximum Gasteiger partial charge on any atom is 0.417 e. The highest BCUT2D eigenvalue weighted by Crippen LogP contribution is 2.42. The predicted molar refractivity (Wildman–Crippen MR) is 78.2 cm³/mol. The predicted octanol–water partition coefficient (Wildman–Crippen LogP) is 3.75. The van der Waals surface area contributed by atoms with E-state index in [0.717, 1.165) is 18.6 Å². The zero-order valence-corrected chi connectivity index (χ0v) is 12.3. The van der Waals surface area contributed by atoms with Gasteiger partial charge in [-0.05, 0) is 31.0 Å². The van der Waals surface area contributed by atoms with Crippen molar-refractivity contribution in [2.24, 2.45) is 11.1 Å². The normalized spacial score (nSPS) is 17.0. The first-order chi connectivity index (χ1) is 9.67. The van der Waals surface area contributed by atoms with Crippen LogP contribution in [0.5, 0.6) is 0 Å². The summed E-state index contributed by atoms with van der Waals surface area (Å²) in [5, 5.41) is 2.02. The fraction of sp³-hybridized carbons (Fsp3) is 0.385.